The summed E-state index contributed by atoms with van der Waals surface area (Å²) < 4.78 is 3.77. The average Bonchev–Trinajstić information content (AvgIpc) is 3.19. The third-order valence-corrected chi connectivity index (χ3v) is 5.03. The maximum absolute atomic E-state index is 13.0. The molecule has 0 aromatic carbocycles. The number of hydrogen-bond acceptors (Lipinski definition) is 3. The second-order valence-corrected chi connectivity index (χ2v) is 7.05. The summed E-state index contributed by atoms with van der Waals surface area (Å²) in [6.45, 7) is 4.39. The Labute approximate surface area is 142 Å². The van der Waals surface area contributed by atoms with Crippen molar-refractivity contribution in [2.75, 3.05) is 13.6 Å². The second kappa shape index (κ2) is 6.09. The van der Waals surface area contributed by atoms with E-state index in [1.54, 1.807) is 22.8 Å². The van der Waals surface area contributed by atoms with Crippen molar-refractivity contribution in [2.45, 2.75) is 45.1 Å². The first-order valence-corrected chi connectivity index (χ1v) is 8.47. The van der Waals surface area contributed by atoms with Crippen molar-refractivity contribution in [1.82, 2.24) is 19.2 Å². The van der Waals surface area contributed by atoms with Gasteiger partial charge >= 0.3 is 0 Å². The lowest BCUT2D eigenvalue weighted by Gasteiger charge is -2.28. The number of rotatable bonds is 4. The Morgan fingerprint density at radius 1 is 1.29 bits per heavy atom. The maximum atomic E-state index is 13.0. The second-order valence-electron chi connectivity index (χ2n) is 7.05. The summed E-state index contributed by atoms with van der Waals surface area (Å²) in [6, 6.07) is 4.06. The largest absolute Gasteiger partial charge is 0.388 e. The lowest BCUT2D eigenvalue weighted by Crippen LogP contribution is -2.42. The fourth-order valence-electron chi connectivity index (χ4n) is 3.76. The zero-order chi connectivity index (χ0) is 17.5. The van der Waals surface area contributed by atoms with Gasteiger partial charge in [0, 0.05) is 32.0 Å². The summed E-state index contributed by atoms with van der Waals surface area (Å²) in [5.41, 5.74) is 1.93. The zero-order valence-electron chi connectivity index (χ0n) is 14.9. The molecule has 24 heavy (non-hydrogen) atoms. The molecule has 0 spiro atoms. The summed E-state index contributed by atoms with van der Waals surface area (Å²) in [7, 11) is 3.60. The third kappa shape index (κ3) is 2.86. The topological polar surface area (TPSA) is 63.3 Å². The molecule has 1 N–H and O–H groups in total. The summed E-state index contributed by atoms with van der Waals surface area (Å²) in [5, 5.41) is 14.9. The highest BCUT2D eigenvalue weighted by atomic mass is 16.3. The molecule has 0 aliphatic heterocycles. The van der Waals surface area contributed by atoms with Crippen LogP contribution in [0.3, 0.4) is 0 Å². The van der Waals surface area contributed by atoms with E-state index in [1.165, 1.54) is 0 Å². The lowest BCUT2D eigenvalue weighted by molar-refractivity contribution is 0.0156. The molecule has 6 heteroatoms. The summed E-state index contributed by atoms with van der Waals surface area (Å²) in [5.74, 6) is 0.663. The lowest BCUT2D eigenvalue weighted by atomic mass is 10.0. The Bertz CT molecular complexity index is 734. The Hall–Kier alpha value is -2.08. The fourth-order valence-corrected chi connectivity index (χ4v) is 3.76. The minimum atomic E-state index is -0.744. The Morgan fingerprint density at radius 2 is 1.88 bits per heavy atom. The Kier molecular flexibility index (Phi) is 4.25. The van der Waals surface area contributed by atoms with Crippen LogP contribution in [0.15, 0.2) is 18.3 Å². The zero-order valence-corrected chi connectivity index (χ0v) is 14.9. The summed E-state index contributed by atoms with van der Waals surface area (Å²) in [4.78, 5) is 14.6. The first-order valence-electron chi connectivity index (χ1n) is 8.47. The van der Waals surface area contributed by atoms with E-state index in [2.05, 4.69) is 5.10 Å². The smallest absolute Gasteiger partial charge is 0.259 e. The van der Waals surface area contributed by atoms with Crippen LogP contribution >= 0.6 is 0 Å². The van der Waals surface area contributed by atoms with Crippen LogP contribution in [-0.4, -0.2) is 49.5 Å². The van der Waals surface area contributed by atoms with Crippen LogP contribution < -0.4 is 0 Å². The molecule has 130 valence electrons. The molecule has 2 heterocycles. The van der Waals surface area contributed by atoms with E-state index >= 15 is 0 Å². The van der Waals surface area contributed by atoms with Gasteiger partial charge in [-0.2, -0.15) is 5.10 Å². The van der Waals surface area contributed by atoms with Gasteiger partial charge in [-0.3, -0.25) is 9.48 Å². The SMILES string of the molecule is Cc1ccc(C)n1-c1c(C(=O)N(C)CC2(O)CCCC2)cnn1C. The molecule has 1 aliphatic carbocycles. The van der Waals surface area contributed by atoms with Gasteiger partial charge in [0.25, 0.3) is 5.91 Å². The molecule has 2 aromatic rings. The van der Waals surface area contributed by atoms with Crippen LogP contribution in [0.25, 0.3) is 5.82 Å². The highest BCUT2D eigenvalue weighted by Crippen LogP contribution is 2.30. The van der Waals surface area contributed by atoms with Crippen molar-refractivity contribution in [3.8, 4) is 5.82 Å². The minimum Gasteiger partial charge on any atom is -0.388 e. The van der Waals surface area contributed by atoms with E-state index in [0.29, 0.717) is 12.1 Å². The van der Waals surface area contributed by atoms with Crippen LogP contribution in [0.4, 0.5) is 0 Å². The normalized spacial score (nSPS) is 16.5. The van der Waals surface area contributed by atoms with E-state index in [1.807, 2.05) is 37.6 Å². The molecule has 3 rings (SSSR count). The minimum absolute atomic E-state index is 0.106. The van der Waals surface area contributed by atoms with Crippen molar-refractivity contribution in [1.29, 1.82) is 0 Å². The molecule has 0 atom stereocenters. The fraction of sp³-hybridized carbons (Fsp3) is 0.556. The number of amides is 1. The maximum Gasteiger partial charge on any atom is 0.259 e. The van der Waals surface area contributed by atoms with E-state index in [-0.39, 0.29) is 5.91 Å². The molecule has 1 amide bonds. The van der Waals surface area contributed by atoms with Crippen molar-refractivity contribution in [2.24, 2.45) is 7.05 Å². The van der Waals surface area contributed by atoms with Crippen molar-refractivity contribution in [3.05, 3.63) is 35.3 Å². The molecule has 0 saturated heterocycles. The Balaban J connectivity index is 1.91. The van der Waals surface area contributed by atoms with Crippen LogP contribution in [-0.2, 0) is 7.05 Å². The molecular formula is C18H26N4O2. The van der Waals surface area contributed by atoms with Crippen LogP contribution in [0.1, 0.15) is 47.4 Å². The first kappa shape index (κ1) is 16.8. The molecule has 0 unspecified atom stereocenters. The van der Waals surface area contributed by atoms with E-state index in [9.17, 15) is 9.90 Å². The molecule has 0 radical (unpaired) electrons. The van der Waals surface area contributed by atoms with Gasteiger partial charge in [-0.05, 0) is 38.8 Å². The monoisotopic (exact) mass is 330 g/mol. The number of carbonyl (C=O) groups excluding carboxylic acids is 1. The number of aromatic nitrogens is 3. The van der Waals surface area contributed by atoms with Crippen LogP contribution in [0.5, 0.6) is 0 Å². The molecule has 1 aliphatic rings. The first-order chi connectivity index (χ1) is 11.3. The average molecular weight is 330 g/mol. The highest BCUT2D eigenvalue weighted by molar-refractivity contribution is 5.97. The van der Waals surface area contributed by atoms with Gasteiger partial charge in [0.2, 0.25) is 0 Å². The number of nitrogens with zero attached hydrogens (tertiary/aromatic N) is 4. The van der Waals surface area contributed by atoms with Gasteiger partial charge < -0.3 is 14.6 Å². The highest BCUT2D eigenvalue weighted by Gasteiger charge is 2.34. The summed E-state index contributed by atoms with van der Waals surface area (Å²) >= 11 is 0. The number of likely N-dealkylation sites (N-methyl/N-ethyl adjacent to an activating group) is 1. The quantitative estimate of drug-likeness (QED) is 0.935. The summed E-state index contributed by atoms with van der Waals surface area (Å²) in [6.07, 6.45) is 5.20. The van der Waals surface area contributed by atoms with Crippen LogP contribution in [0.2, 0.25) is 0 Å². The van der Waals surface area contributed by atoms with Gasteiger partial charge in [0.1, 0.15) is 11.4 Å². The number of hydrogen-bond donors (Lipinski definition) is 1. The Morgan fingerprint density at radius 3 is 2.46 bits per heavy atom. The predicted molar refractivity (Wildman–Crippen MR) is 92.4 cm³/mol. The molecule has 0 bridgehead atoms. The van der Waals surface area contributed by atoms with Gasteiger partial charge in [0.15, 0.2) is 0 Å². The van der Waals surface area contributed by atoms with Crippen molar-refractivity contribution >= 4 is 5.91 Å². The molecular weight excluding hydrogens is 304 g/mol. The van der Waals surface area contributed by atoms with E-state index < -0.39 is 5.60 Å². The molecule has 6 nitrogen and oxygen atoms in total. The third-order valence-electron chi connectivity index (χ3n) is 5.03. The van der Waals surface area contributed by atoms with Crippen LogP contribution in [0, 0.1) is 13.8 Å². The van der Waals surface area contributed by atoms with Gasteiger partial charge in [-0.25, -0.2) is 0 Å². The van der Waals surface area contributed by atoms with Crippen molar-refractivity contribution in [3.63, 3.8) is 0 Å². The number of carbonyl (C=O) groups is 1. The number of aryl methyl sites for hydroxylation is 3. The predicted octanol–water partition coefficient (Wildman–Crippen LogP) is 2.20. The number of aliphatic hydroxyl groups is 1. The van der Waals surface area contributed by atoms with Gasteiger partial charge in [-0.15, -0.1) is 0 Å². The van der Waals surface area contributed by atoms with Gasteiger partial charge in [-0.1, -0.05) is 12.8 Å². The van der Waals surface area contributed by atoms with Gasteiger partial charge in [0.05, 0.1) is 11.8 Å². The van der Waals surface area contributed by atoms with E-state index in [0.717, 1.165) is 42.9 Å². The standard InChI is InChI=1S/C18H26N4O2/c1-13-7-8-14(2)22(13)16-15(11-19-21(16)4)17(23)20(3)12-18(24)9-5-6-10-18/h7-8,11,24H,5-6,9-10,12H2,1-4H3. The molecule has 1 fully saturated rings. The van der Waals surface area contributed by atoms with E-state index in [4.69, 9.17) is 0 Å². The molecule has 2 aromatic heterocycles. The van der Waals surface area contributed by atoms with Crippen molar-refractivity contribution < 1.29 is 9.90 Å². The molecule has 1 saturated carbocycles.